The van der Waals surface area contributed by atoms with Crippen molar-refractivity contribution in [1.82, 2.24) is 4.98 Å². The number of nitrogens with one attached hydrogen (secondary N) is 2. The van der Waals surface area contributed by atoms with Crippen molar-refractivity contribution in [3.63, 3.8) is 0 Å². The van der Waals surface area contributed by atoms with E-state index in [1.165, 1.54) is 24.3 Å². The molecule has 0 unspecified atom stereocenters. The van der Waals surface area contributed by atoms with Gasteiger partial charge >= 0.3 is 0 Å². The zero-order valence-electron chi connectivity index (χ0n) is 14.1. The van der Waals surface area contributed by atoms with Crippen molar-refractivity contribution in [3.8, 4) is 0 Å². The second-order valence-electron chi connectivity index (χ2n) is 6.50. The van der Waals surface area contributed by atoms with Gasteiger partial charge in [-0.05, 0) is 49.6 Å². The van der Waals surface area contributed by atoms with Gasteiger partial charge in [0.1, 0.15) is 5.82 Å². The summed E-state index contributed by atoms with van der Waals surface area (Å²) in [5.41, 5.74) is 2.52. The highest BCUT2D eigenvalue weighted by Crippen LogP contribution is 2.32. The van der Waals surface area contributed by atoms with Gasteiger partial charge in [-0.15, -0.1) is 0 Å². The summed E-state index contributed by atoms with van der Waals surface area (Å²) in [5.74, 6) is -0.562. The van der Waals surface area contributed by atoms with Crippen molar-refractivity contribution >= 4 is 32.4 Å². The Kier molecular flexibility index (Phi) is 3.84. The zero-order valence-corrected chi connectivity index (χ0v) is 14.9. The number of carbonyl (C=O) groups excluding carboxylic acids is 1. The van der Waals surface area contributed by atoms with E-state index >= 15 is 0 Å². The van der Waals surface area contributed by atoms with Crippen LogP contribution in [0.25, 0.3) is 10.9 Å². The lowest BCUT2D eigenvalue weighted by molar-refractivity contribution is 0.0974. The summed E-state index contributed by atoms with van der Waals surface area (Å²) in [7, 11) is -3.97. The number of carbonyl (C=O) groups is 1. The molecule has 1 aromatic heterocycles. The van der Waals surface area contributed by atoms with Crippen molar-refractivity contribution in [2.75, 3.05) is 4.72 Å². The van der Waals surface area contributed by atoms with E-state index < -0.39 is 15.8 Å². The van der Waals surface area contributed by atoms with E-state index in [1.807, 2.05) is 0 Å². The Morgan fingerprint density at radius 2 is 1.92 bits per heavy atom. The van der Waals surface area contributed by atoms with Gasteiger partial charge in [0.05, 0.1) is 10.6 Å². The molecule has 0 saturated heterocycles. The molecule has 5 nitrogen and oxygen atoms in total. The Balaban J connectivity index is 1.83. The molecule has 1 heterocycles. The molecule has 134 valence electrons. The fraction of sp³-hybridized carbons (Fsp3) is 0.211. The Bertz CT molecular complexity index is 1150. The van der Waals surface area contributed by atoms with Gasteiger partial charge < -0.3 is 4.98 Å². The predicted octanol–water partition coefficient (Wildman–Crippen LogP) is 3.94. The minimum atomic E-state index is -3.97. The van der Waals surface area contributed by atoms with Crippen molar-refractivity contribution in [1.29, 1.82) is 0 Å². The molecule has 0 spiro atoms. The first-order valence-corrected chi connectivity index (χ1v) is 9.81. The molecule has 0 amide bonds. The van der Waals surface area contributed by atoms with Gasteiger partial charge in [0.2, 0.25) is 0 Å². The molecule has 0 radical (unpaired) electrons. The average Bonchev–Trinajstić information content (AvgIpc) is 2.95. The molecule has 7 heteroatoms. The first-order valence-electron chi connectivity index (χ1n) is 8.32. The van der Waals surface area contributed by atoms with E-state index in [0.29, 0.717) is 23.1 Å². The number of sulfonamides is 1. The molecule has 0 bridgehead atoms. The van der Waals surface area contributed by atoms with E-state index in [-0.39, 0.29) is 16.4 Å². The van der Waals surface area contributed by atoms with Gasteiger partial charge in [-0.25, -0.2) is 12.8 Å². The van der Waals surface area contributed by atoms with Gasteiger partial charge in [-0.1, -0.05) is 12.1 Å². The third-order valence-electron chi connectivity index (χ3n) is 4.69. The van der Waals surface area contributed by atoms with Crippen LogP contribution < -0.4 is 4.72 Å². The molecule has 1 aliphatic carbocycles. The lowest BCUT2D eigenvalue weighted by atomic mass is 9.94. The largest absolute Gasteiger partial charge is 0.358 e. The average molecular weight is 372 g/mol. The van der Waals surface area contributed by atoms with Gasteiger partial charge in [0, 0.05) is 28.6 Å². The Labute approximate surface area is 150 Å². The maximum Gasteiger partial charge on any atom is 0.262 e. The van der Waals surface area contributed by atoms with E-state index in [9.17, 15) is 17.6 Å². The van der Waals surface area contributed by atoms with Gasteiger partial charge in [-0.2, -0.15) is 0 Å². The highest BCUT2D eigenvalue weighted by atomic mass is 32.2. The van der Waals surface area contributed by atoms with Crippen LogP contribution >= 0.6 is 0 Å². The lowest BCUT2D eigenvalue weighted by Gasteiger charge is -2.12. The maximum absolute atomic E-state index is 13.8. The molecule has 26 heavy (non-hydrogen) atoms. The monoisotopic (exact) mass is 372 g/mol. The fourth-order valence-corrected chi connectivity index (χ4v) is 4.80. The zero-order chi connectivity index (χ0) is 18.5. The molecule has 3 aromatic rings. The summed E-state index contributed by atoms with van der Waals surface area (Å²) in [6, 6.07) is 8.83. The molecule has 0 saturated carbocycles. The number of aromatic amines is 1. The smallest absolute Gasteiger partial charge is 0.262 e. The highest BCUT2D eigenvalue weighted by Gasteiger charge is 2.25. The number of aryl methyl sites for hydroxylation is 2. The van der Waals surface area contributed by atoms with Crippen LogP contribution in [-0.4, -0.2) is 19.2 Å². The first-order chi connectivity index (χ1) is 12.4. The lowest BCUT2D eigenvalue weighted by Crippen LogP contribution is -2.15. The third-order valence-corrected chi connectivity index (χ3v) is 6.20. The van der Waals surface area contributed by atoms with Crippen LogP contribution in [-0.2, 0) is 16.4 Å². The van der Waals surface area contributed by atoms with Crippen LogP contribution in [0.4, 0.5) is 10.1 Å². The number of halogens is 1. The third kappa shape index (κ3) is 2.68. The topological polar surface area (TPSA) is 79.0 Å². The molecular formula is C19H17FN2O3S. The molecular weight excluding hydrogens is 355 g/mol. The minimum absolute atomic E-state index is 0.0549. The molecule has 4 rings (SSSR count). The van der Waals surface area contributed by atoms with Crippen LogP contribution in [0.1, 0.15) is 34.5 Å². The number of aromatic nitrogens is 1. The first kappa shape index (κ1) is 16.8. The summed E-state index contributed by atoms with van der Waals surface area (Å²) in [5, 5.41) is 0.743. The molecule has 2 N–H and O–H groups in total. The van der Waals surface area contributed by atoms with Gasteiger partial charge in [0.15, 0.2) is 5.78 Å². The number of fused-ring (bicyclic) bond motifs is 3. The van der Waals surface area contributed by atoms with Crippen LogP contribution in [0.3, 0.4) is 0 Å². The van der Waals surface area contributed by atoms with Crippen molar-refractivity contribution in [2.24, 2.45) is 0 Å². The molecule has 2 aromatic carbocycles. The van der Waals surface area contributed by atoms with Crippen LogP contribution in [0.2, 0.25) is 0 Å². The summed E-state index contributed by atoms with van der Waals surface area (Å²) in [6.07, 6.45) is 2.07. The van der Waals surface area contributed by atoms with Crippen LogP contribution in [0, 0.1) is 12.7 Å². The molecule has 0 fully saturated rings. The van der Waals surface area contributed by atoms with E-state index in [2.05, 4.69) is 9.71 Å². The van der Waals surface area contributed by atoms with Crippen molar-refractivity contribution in [2.45, 2.75) is 31.1 Å². The standard InChI is InChI=1S/C19H17FN2O3S/c1-11-9-12-16(21-15-7-4-8-17(23)19(12)15)10-18(11)26(24,25)22-14-6-3-2-5-13(14)20/h2-3,5-6,9-10,21-22H,4,7-8H2,1H3. The SMILES string of the molecule is Cc1cc2c3c([nH]c2cc1S(=O)(=O)Nc1ccccc1F)CCCC3=O. The van der Waals surface area contributed by atoms with E-state index in [1.54, 1.807) is 19.1 Å². The van der Waals surface area contributed by atoms with E-state index in [4.69, 9.17) is 0 Å². The maximum atomic E-state index is 13.8. The summed E-state index contributed by atoms with van der Waals surface area (Å²) in [4.78, 5) is 15.5. The summed E-state index contributed by atoms with van der Waals surface area (Å²) in [6.45, 7) is 1.67. The summed E-state index contributed by atoms with van der Waals surface area (Å²) >= 11 is 0. The van der Waals surface area contributed by atoms with Crippen LogP contribution in [0.5, 0.6) is 0 Å². The number of ketones is 1. The Hall–Kier alpha value is -2.67. The second-order valence-corrected chi connectivity index (χ2v) is 8.15. The highest BCUT2D eigenvalue weighted by molar-refractivity contribution is 7.92. The Morgan fingerprint density at radius 3 is 2.69 bits per heavy atom. The van der Waals surface area contributed by atoms with Crippen molar-refractivity contribution < 1.29 is 17.6 Å². The number of H-pyrrole nitrogens is 1. The summed E-state index contributed by atoms with van der Waals surface area (Å²) < 4.78 is 41.6. The predicted molar refractivity (Wildman–Crippen MR) is 97.5 cm³/mol. The van der Waals surface area contributed by atoms with Crippen LogP contribution in [0.15, 0.2) is 41.3 Å². The van der Waals surface area contributed by atoms with Gasteiger partial charge in [-0.3, -0.25) is 9.52 Å². The number of Topliss-reactive ketones (excluding diaryl/α,β-unsaturated/α-hetero) is 1. The number of hydrogen-bond acceptors (Lipinski definition) is 3. The second kappa shape index (κ2) is 5.95. The Morgan fingerprint density at radius 1 is 1.15 bits per heavy atom. The quantitative estimate of drug-likeness (QED) is 0.731. The molecule has 0 aliphatic heterocycles. The number of hydrogen-bond donors (Lipinski definition) is 2. The number of para-hydroxylation sites is 1. The minimum Gasteiger partial charge on any atom is -0.358 e. The molecule has 0 atom stereocenters. The fourth-order valence-electron chi connectivity index (χ4n) is 3.48. The number of benzene rings is 2. The molecule has 1 aliphatic rings. The number of rotatable bonds is 3. The van der Waals surface area contributed by atoms with Crippen molar-refractivity contribution in [3.05, 3.63) is 59.0 Å². The number of anilines is 1. The van der Waals surface area contributed by atoms with E-state index in [0.717, 1.165) is 23.9 Å². The van der Waals surface area contributed by atoms with Gasteiger partial charge in [0.25, 0.3) is 10.0 Å². The normalized spacial score (nSPS) is 14.5.